The van der Waals surface area contributed by atoms with Crippen LogP contribution < -0.4 is 0 Å². The molecule has 24 heavy (non-hydrogen) atoms. The minimum absolute atomic E-state index is 0.0370. The Kier molecular flexibility index (Phi) is 5.35. The molecule has 1 aromatic heterocycles. The van der Waals surface area contributed by atoms with Crippen molar-refractivity contribution in [1.82, 2.24) is 10.2 Å². The fraction of sp³-hybridized carbons (Fsp3) is 0.0625. The van der Waals surface area contributed by atoms with E-state index in [0.29, 0.717) is 32.4 Å². The van der Waals surface area contributed by atoms with Gasteiger partial charge in [-0.2, -0.15) is 0 Å². The van der Waals surface area contributed by atoms with Crippen molar-refractivity contribution in [2.24, 2.45) is 5.16 Å². The van der Waals surface area contributed by atoms with Crippen molar-refractivity contribution in [3.8, 4) is 11.5 Å². The lowest BCUT2D eigenvalue weighted by atomic mass is 10.2. The van der Waals surface area contributed by atoms with Gasteiger partial charge < -0.3 is 9.25 Å². The van der Waals surface area contributed by atoms with E-state index < -0.39 is 0 Å². The highest BCUT2D eigenvalue weighted by Crippen LogP contribution is 2.24. The molecule has 0 fully saturated rings. The van der Waals surface area contributed by atoms with Gasteiger partial charge in [-0.05, 0) is 30.3 Å². The first-order valence-corrected chi connectivity index (χ1v) is 7.94. The number of rotatable bonds is 5. The van der Waals surface area contributed by atoms with Crippen LogP contribution in [-0.2, 0) is 11.4 Å². The van der Waals surface area contributed by atoms with Crippen molar-refractivity contribution in [3.05, 3.63) is 69.0 Å². The van der Waals surface area contributed by atoms with Gasteiger partial charge >= 0.3 is 0 Å². The van der Waals surface area contributed by atoms with Crippen LogP contribution in [0.3, 0.4) is 0 Å². The zero-order valence-electron chi connectivity index (χ0n) is 12.1. The van der Waals surface area contributed by atoms with Crippen LogP contribution in [0.2, 0.25) is 15.1 Å². The molecule has 0 N–H and O–H groups in total. The maximum atomic E-state index is 6.04. The third-order valence-corrected chi connectivity index (χ3v) is 4.08. The van der Waals surface area contributed by atoms with Crippen molar-refractivity contribution < 1.29 is 9.25 Å². The highest BCUT2D eigenvalue weighted by molar-refractivity contribution is 6.43. The summed E-state index contributed by atoms with van der Waals surface area (Å²) < 4.78 is 5.49. The van der Waals surface area contributed by atoms with Crippen LogP contribution in [0.25, 0.3) is 11.5 Å². The highest BCUT2D eigenvalue weighted by atomic mass is 35.5. The normalized spacial score (nSPS) is 11.1. The summed E-state index contributed by atoms with van der Waals surface area (Å²) in [5, 5.41) is 13.2. The SMILES string of the molecule is Clc1ccc(-c2nnc(CO/N=C\c3cccc(Cl)c3Cl)o2)cc1. The molecule has 0 aliphatic carbocycles. The Balaban J connectivity index is 1.60. The molecule has 0 atom stereocenters. The predicted octanol–water partition coefficient (Wildman–Crippen LogP) is 5.25. The van der Waals surface area contributed by atoms with Crippen molar-refractivity contribution in [2.75, 3.05) is 0 Å². The number of nitrogens with zero attached hydrogens (tertiary/aromatic N) is 3. The standard InChI is InChI=1S/C16H10Cl3N3O2/c17-12-6-4-10(5-7-12)16-22-21-14(24-16)9-23-20-8-11-2-1-3-13(18)15(11)19/h1-8H,9H2/b20-8-. The molecule has 0 radical (unpaired) electrons. The molecule has 0 amide bonds. The average Bonchev–Trinajstić information content (AvgIpc) is 3.05. The summed E-state index contributed by atoms with van der Waals surface area (Å²) in [5.41, 5.74) is 1.42. The maximum absolute atomic E-state index is 6.04. The van der Waals surface area contributed by atoms with Crippen LogP contribution in [0.15, 0.2) is 52.0 Å². The zero-order chi connectivity index (χ0) is 16.9. The van der Waals surface area contributed by atoms with Gasteiger partial charge in [0.15, 0.2) is 6.61 Å². The summed E-state index contributed by atoms with van der Waals surface area (Å²) in [4.78, 5) is 5.14. The van der Waals surface area contributed by atoms with Gasteiger partial charge in [-0.25, -0.2) is 0 Å². The number of benzene rings is 2. The van der Waals surface area contributed by atoms with Crippen molar-refractivity contribution in [1.29, 1.82) is 0 Å². The van der Waals surface area contributed by atoms with Gasteiger partial charge in [-0.1, -0.05) is 52.1 Å². The molecule has 0 saturated heterocycles. The highest BCUT2D eigenvalue weighted by Gasteiger charge is 2.08. The fourth-order valence-electron chi connectivity index (χ4n) is 1.83. The van der Waals surface area contributed by atoms with Crippen molar-refractivity contribution >= 4 is 41.0 Å². The van der Waals surface area contributed by atoms with E-state index in [1.165, 1.54) is 6.21 Å². The Bertz CT molecular complexity index is 863. The van der Waals surface area contributed by atoms with E-state index in [1.54, 1.807) is 42.5 Å². The first-order valence-electron chi connectivity index (χ1n) is 6.81. The summed E-state index contributed by atoms with van der Waals surface area (Å²) in [6.07, 6.45) is 1.46. The summed E-state index contributed by atoms with van der Waals surface area (Å²) in [6.45, 7) is 0.0370. The van der Waals surface area contributed by atoms with Gasteiger partial charge in [0.05, 0.1) is 16.3 Å². The molecule has 122 valence electrons. The van der Waals surface area contributed by atoms with Crippen LogP contribution >= 0.6 is 34.8 Å². The molecule has 3 rings (SSSR count). The topological polar surface area (TPSA) is 60.5 Å². The second-order valence-corrected chi connectivity index (χ2v) is 5.88. The Morgan fingerprint density at radius 3 is 2.62 bits per heavy atom. The quantitative estimate of drug-likeness (QED) is 0.447. The number of oxime groups is 1. The van der Waals surface area contributed by atoms with Gasteiger partial charge in [0.1, 0.15) is 0 Å². The third kappa shape index (κ3) is 4.06. The van der Waals surface area contributed by atoms with E-state index in [4.69, 9.17) is 44.1 Å². The van der Waals surface area contributed by atoms with E-state index in [2.05, 4.69) is 15.4 Å². The molecule has 0 bridgehead atoms. The molecule has 0 unspecified atom stereocenters. The molecule has 0 aliphatic rings. The van der Waals surface area contributed by atoms with Gasteiger partial charge in [-0.15, -0.1) is 10.2 Å². The summed E-state index contributed by atoms with van der Waals surface area (Å²) in [6, 6.07) is 12.3. The van der Waals surface area contributed by atoms with Gasteiger partial charge in [-0.3, -0.25) is 0 Å². The Hall–Kier alpha value is -2.08. The average molecular weight is 383 g/mol. The summed E-state index contributed by atoms with van der Waals surface area (Å²) >= 11 is 17.8. The van der Waals surface area contributed by atoms with Crippen LogP contribution in [0.4, 0.5) is 0 Å². The van der Waals surface area contributed by atoms with Crippen LogP contribution in [0.5, 0.6) is 0 Å². The van der Waals surface area contributed by atoms with Crippen LogP contribution in [0.1, 0.15) is 11.5 Å². The monoisotopic (exact) mass is 381 g/mol. The first kappa shape index (κ1) is 16.8. The predicted molar refractivity (Wildman–Crippen MR) is 93.6 cm³/mol. The van der Waals surface area contributed by atoms with E-state index in [1.807, 2.05) is 0 Å². The first-order chi connectivity index (χ1) is 11.6. The fourth-order valence-corrected chi connectivity index (χ4v) is 2.31. The summed E-state index contributed by atoms with van der Waals surface area (Å²) in [7, 11) is 0. The molecule has 5 nitrogen and oxygen atoms in total. The molecule has 1 heterocycles. The molecular formula is C16H10Cl3N3O2. The lowest BCUT2D eigenvalue weighted by Crippen LogP contribution is -1.89. The van der Waals surface area contributed by atoms with E-state index >= 15 is 0 Å². The Labute approximate surface area is 152 Å². The molecule has 2 aromatic carbocycles. The molecule has 0 aliphatic heterocycles. The largest absolute Gasteiger partial charge is 0.417 e. The van der Waals surface area contributed by atoms with E-state index in [-0.39, 0.29) is 6.61 Å². The molecule has 0 saturated carbocycles. The zero-order valence-corrected chi connectivity index (χ0v) is 14.4. The van der Waals surface area contributed by atoms with Crippen molar-refractivity contribution in [3.63, 3.8) is 0 Å². The molecule has 0 spiro atoms. The summed E-state index contributed by atoms with van der Waals surface area (Å²) in [5.74, 6) is 0.682. The third-order valence-electron chi connectivity index (χ3n) is 2.99. The maximum Gasteiger partial charge on any atom is 0.257 e. The second-order valence-electron chi connectivity index (χ2n) is 4.66. The van der Waals surface area contributed by atoms with Gasteiger partial charge in [0, 0.05) is 16.1 Å². The lowest BCUT2D eigenvalue weighted by Gasteiger charge is -1.99. The van der Waals surface area contributed by atoms with E-state index in [9.17, 15) is 0 Å². The van der Waals surface area contributed by atoms with Crippen molar-refractivity contribution in [2.45, 2.75) is 6.61 Å². The minimum atomic E-state index is 0.0370. The number of halogens is 3. The van der Waals surface area contributed by atoms with Crippen LogP contribution in [-0.4, -0.2) is 16.4 Å². The minimum Gasteiger partial charge on any atom is -0.417 e. The second kappa shape index (κ2) is 7.66. The van der Waals surface area contributed by atoms with Gasteiger partial charge in [0.25, 0.3) is 5.89 Å². The molecular weight excluding hydrogens is 373 g/mol. The number of hydrogen-bond donors (Lipinski definition) is 0. The van der Waals surface area contributed by atoms with E-state index in [0.717, 1.165) is 5.56 Å². The molecule has 8 heteroatoms. The van der Waals surface area contributed by atoms with Gasteiger partial charge in [0.2, 0.25) is 5.89 Å². The van der Waals surface area contributed by atoms with Crippen LogP contribution in [0, 0.1) is 0 Å². The Morgan fingerprint density at radius 2 is 1.83 bits per heavy atom. The lowest BCUT2D eigenvalue weighted by molar-refractivity contribution is 0.112. The number of aromatic nitrogens is 2. The smallest absolute Gasteiger partial charge is 0.257 e. The molecule has 3 aromatic rings. The Morgan fingerprint density at radius 1 is 1.04 bits per heavy atom. The number of hydrogen-bond acceptors (Lipinski definition) is 5.